The number of hydrogen-bond acceptors (Lipinski definition) is 5. The molecule has 0 radical (unpaired) electrons. The summed E-state index contributed by atoms with van der Waals surface area (Å²) in [4.78, 5) is 0.0621. The lowest BCUT2D eigenvalue weighted by Gasteiger charge is -2.09. The average molecular weight is 317 g/mol. The molecule has 0 aromatic heterocycles. The van der Waals surface area contributed by atoms with E-state index in [0.29, 0.717) is 11.1 Å². The van der Waals surface area contributed by atoms with E-state index in [-0.39, 0.29) is 23.6 Å². The Morgan fingerprint density at radius 2 is 1.95 bits per heavy atom. The van der Waals surface area contributed by atoms with Crippen LogP contribution in [0.2, 0.25) is 0 Å². The van der Waals surface area contributed by atoms with Gasteiger partial charge in [0, 0.05) is 6.54 Å². The summed E-state index contributed by atoms with van der Waals surface area (Å²) >= 11 is 0. The molecule has 0 fully saturated rings. The molecule has 0 aliphatic heterocycles. The molecule has 1 aromatic carbocycles. The molecule has 0 aliphatic rings. The lowest BCUT2D eigenvalue weighted by Crippen LogP contribution is -2.28. The molecule has 110 valence electrons. The van der Waals surface area contributed by atoms with Crippen molar-refractivity contribution >= 4 is 20.0 Å². The summed E-state index contributed by atoms with van der Waals surface area (Å²) in [5, 5.41) is 13.5. The summed E-state index contributed by atoms with van der Waals surface area (Å²) in [5.74, 6) is -0.290. The van der Waals surface area contributed by atoms with Crippen LogP contribution in [0.25, 0.3) is 0 Å². The van der Waals surface area contributed by atoms with Gasteiger partial charge in [-0.25, -0.2) is 26.7 Å². The number of nitriles is 1. The molecule has 9 heteroatoms. The van der Waals surface area contributed by atoms with Gasteiger partial charge in [0.1, 0.15) is 0 Å². The summed E-state index contributed by atoms with van der Waals surface area (Å²) < 4.78 is 47.7. The molecule has 0 saturated heterocycles. The van der Waals surface area contributed by atoms with Crippen LogP contribution in [-0.4, -0.2) is 29.1 Å². The molecule has 1 aromatic rings. The second-order valence-electron chi connectivity index (χ2n) is 4.21. The number of nitrogens with one attached hydrogen (secondary N) is 1. The Morgan fingerprint density at radius 3 is 2.45 bits per heavy atom. The molecule has 0 spiro atoms. The van der Waals surface area contributed by atoms with Gasteiger partial charge in [0.2, 0.25) is 20.0 Å². The fraction of sp³-hybridized carbons (Fsp3) is 0.364. The quantitative estimate of drug-likeness (QED) is 0.703. The Morgan fingerprint density at radius 1 is 1.30 bits per heavy atom. The van der Waals surface area contributed by atoms with Crippen molar-refractivity contribution in [1.29, 1.82) is 5.26 Å². The molecule has 20 heavy (non-hydrogen) atoms. The first kappa shape index (κ1) is 16.6. The Kier molecular flexibility index (Phi) is 5.24. The Bertz CT molecular complexity index is 733. The first-order chi connectivity index (χ1) is 9.15. The highest BCUT2D eigenvalue weighted by atomic mass is 32.2. The van der Waals surface area contributed by atoms with E-state index in [4.69, 9.17) is 10.4 Å². The number of primary sulfonamides is 1. The summed E-state index contributed by atoms with van der Waals surface area (Å²) in [6.45, 7) is 1.55. The zero-order chi connectivity index (χ0) is 15.4. The minimum Gasteiger partial charge on any atom is -0.229 e. The average Bonchev–Trinajstić information content (AvgIpc) is 2.33. The summed E-state index contributed by atoms with van der Waals surface area (Å²) in [7, 11) is -7.32. The van der Waals surface area contributed by atoms with Crippen LogP contribution in [0.4, 0.5) is 0 Å². The van der Waals surface area contributed by atoms with Crippen LogP contribution in [0, 0.1) is 18.3 Å². The van der Waals surface area contributed by atoms with Crippen LogP contribution in [-0.2, 0) is 20.0 Å². The van der Waals surface area contributed by atoms with Crippen molar-refractivity contribution < 1.29 is 16.8 Å². The fourth-order valence-corrected chi connectivity index (χ4v) is 3.42. The van der Waals surface area contributed by atoms with E-state index >= 15 is 0 Å². The predicted molar refractivity (Wildman–Crippen MR) is 73.7 cm³/mol. The molecule has 3 N–H and O–H groups in total. The van der Waals surface area contributed by atoms with E-state index in [1.165, 1.54) is 18.2 Å². The third kappa shape index (κ3) is 4.90. The molecule has 1 rings (SSSR count). The van der Waals surface area contributed by atoms with Crippen molar-refractivity contribution in [3.63, 3.8) is 0 Å². The maximum absolute atomic E-state index is 12.0. The summed E-state index contributed by atoms with van der Waals surface area (Å²) in [6, 6.07) is 6.14. The maximum Gasteiger partial charge on any atom is 0.240 e. The third-order valence-electron chi connectivity index (χ3n) is 2.49. The maximum atomic E-state index is 12.0. The summed E-state index contributed by atoms with van der Waals surface area (Å²) in [5.41, 5.74) is 0.818. The Balaban J connectivity index is 2.77. The second-order valence-corrected chi connectivity index (χ2v) is 7.68. The zero-order valence-electron chi connectivity index (χ0n) is 10.8. The number of aryl methyl sites for hydroxylation is 1. The van der Waals surface area contributed by atoms with Gasteiger partial charge in [-0.3, -0.25) is 0 Å². The Hall–Kier alpha value is -1.47. The van der Waals surface area contributed by atoms with Crippen LogP contribution >= 0.6 is 0 Å². The second kappa shape index (κ2) is 6.32. The number of benzene rings is 1. The molecular formula is C11H15N3O4S2. The number of hydrogen-bond donors (Lipinski definition) is 2. The normalized spacial score (nSPS) is 12.1. The van der Waals surface area contributed by atoms with E-state index in [1.54, 1.807) is 6.92 Å². The standard InChI is InChI=1S/C11H15N3O4S2/c1-9-7-10(8-12)3-4-11(9)20(17,18)14-5-2-6-19(13,15)16/h3-4,7,14H,2,5-6H2,1H3,(H2,13,15,16). The smallest absolute Gasteiger partial charge is 0.229 e. The van der Waals surface area contributed by atoms with Crippen molar-refractivity contribution in [2.75, 3.05) is 12.3 Å². The van der Waals surface area contributed by atoms with Gasteiger partial charge in [-0.15, -0.1) is 0 Å². The van der Waals surface area contributed by atoms with Crippen molar-refractivity contribution in [2.45, 2.75) is 18.2 Å². The first-order valence-electron chi connectivity index (χ1n) is 5.66. The topological polar surface area (TPSA) is 130 Å². The minimum absolute atomic E-state index is 0.0296. The van der Waals surface area contributed by atoms with Crippen LogP contribution in [0.1, 0.15) is 17.5 Å². The first-order valence-corrected chi connectivity index (χ1v) is 8.86. The van der Waals surface area contributed by atoms with E-state index in [0.717, 1.165) is 0 Å². The summed E-state index contributed by atoms with van der Waals surface area (Å²) in [6.07, 6.45) is 0.0907. The molecule has 0 heterocycles. The number of sulfonamides is 2. The van der Waals surface area contributed by atoms with Crippen molar-refractivity contribution in [3.05, 3.63) is 29.3 Å². The third-order valence-corrected chi connectivity index (χ3v) is 4.97. The highest BCUT2D eigenvalue weighted by molar-refractivity contribution is 7.89. The lowest BCUT2D eigenvalue weighted by molar-refractivity contribution is 0.576. The Labute approximate surface area is 118 Å². The molecule has 0 amide bonds. The van der Waals surface area contributed by atoms with Gasteiger partial charge in [0.15, 0.2) is 0 Å². The number of nitrogens with zero attached hydrogens (tertiary/aromatic N) is 1. The van der Waals surface area contributed by atoms with Gasteiger partial charge >= 0.3 is 0 Å². The van der Waals surface area contributed by atoms with Crippen LogP contribution < -0.4 is 9.86 Å². The van der Waals surface area contributed by atoms with Gasteiger partial charge in [0.25, 0.3) is 0 Å². The van der Waals surface area contributed by atoms with Crippen LogP contribution in [0.15, 0.2) is 23.1 Å². The molecule has 0 bridgehead atoms. The minimum atomic E-state index is -3.73. The van der Waals surface area contributed by atoms with Crippen molar-refractivity contribution in [2.24, 2.45) is 5.14 Å². The van der Waals surface area contributed by atoms with Crippen LogP contribution in [0.5, 0.6) is 0 Å². The van der Waals surface area contributed by atoms with Gasteiger partial charge in [-0.2, -0.15) is 5.26 Å². The molecule has 0 atom stereocenters. The van der Waals surface area contributed by atoms with Gasteiger partial charge in [0.05, 0.1) is 22.3 Å². The van der Waals surface area contributed by atoms with E-state index in [2.05, 4.69) is 4.72 Å². The van der Waals surface area contributed by atoms with E-state index < -0.39 is 20.0 Å². The highest BCUT2D eigenvalue weighted by Gasteiger charge is 2.16. The highest BCUT2D eigenvalue weighted by Crippen LogP contribution is 2.16. The van der Waals surface area contributed by atoms with Crippen LogP contribution in [0.3, 0.4) is 0 Å². The molecule has 0 unspecified atom stereocenters. The molecule has 0 saturated carbocycles. The fourth-order valence-electron chi connectivity index (χ4n) is 1.58. The van der Waals surface area contributed by atoms with E-state index in [9.17, 15) is 16.8 Å². The largest absolute Gasteiger partial charge is 0.240 e. The molecule has 0 aliphatic carbocycles. The molecule has 7 nitrogen and oxygen atoms in total. The zero-order valence-corrected chi connectivity index (χ0v) is 12.5. The van der Waals surface area contributed by atoms with Gasteiger partial charge in [-0.05, 0) is 37.1 Å². The van der Waals surface area contributed by atoms with Gasteiger partial charge in [-0.1, -0.05) is 0 Å². The lowest BCUT2D eigenvalue weighted by atomic mass is 10.2. The van der Waals surface area contributed by atoms with Crippen molar-refractivity contribution in [3.8, 4) is 6.07 Å². The predicted octanol–water partition coefficient (Wildman–Crippen LogP) is -0.176. The monoisotopic (exact) mass is 317 g/mol. The van der Waals surface area contributed by atoms with Crippen molar-refractivity contribution in [1.82, 2.24) is 4.72 Å². The number of rotatable bonds is 6. The van der Waals surface area contributed by atoms with Gasteiger partial charge < -0.3 is 0 Å². The number of nitrogens with two attached hydrogens (primary N) is 1. The van der Waals surface area contributed by atoms with E-state index in [1.807, 2.05) is 6.07 Å². The SMILES string of the molecule is Cc1cc(C#N)ccc1S(=O)(=O)NCCCS(N)(=O)=O. The molecular weight excluding hydrogens is 302 g/mol.